The Labute approximate surface area is 169 Å². The van der Waals surface area contributed by atoms with Crippen molar-refractivity contribution in [3.8, 4) is 0 Å². The van der Waals surface area contributed by atoms with Crippen LogP contribution in [0, 0.1) is 0 Å². The van der Waals surface area contributed by atoms with Gasteiger partial charge in [0.25, 0.3) is 0 Å². The number of pyridine rings is 1. The van der Waals surface area contributed by atoms with Gasteiger partial charge in [0.2, 0.25) is 17.7 Å². The van der Waals surface area contributed by atoms with Crippen LogP contribution in [0.4, 0.5) is 5.69 Å². The highest BCUT2D eigenvalue weighted by molar-refractivity contribution is 5.96. The summed E-state index contributed by atoms with van der Waals surface area (Å²) in [5, 5.41) is 6.18. The summed E-state index contributed by atoms with van der Waals surface area (Å²) < 4.78 is 0. The van der Waals surface area contributed by atoms with Crippen molar-refractivity contribution in [2.24, 2.45) is 11.5 Å². The molecule has 9 nitrogen and oxygen atoms in total. The van der Waals surface area contributed by atoms with Crippen molar-refractivity contribution in [2.45, 2.75) is 19.3 Å². The molecule has 1 heterocycles. The quantitative estimate of drug-likeness (QED) is 0.424. The lowest BCUT2D eigenvalue weighted by Crippen LogP contribution is -2.38. The predicted molar refractivity (Wildman–Crippen MR) is 112 cm³/mol. The zero-order valence-corrected chi connectivity index (χ0v) is 16.4. The molecule has 2 aromatic rings. The summed E-state index contributed by atoms with van der Waals surface area (Å²) >= 11 is 0. The number of carbonyl (C=O) groups is 3. The van der Waals surface area contributed by atoms with Crippen LogP contribution < -0.4 is 22.1 Å². The molecule has 29 heavy (non-hydrogen) atoms. The minimum atomic E-state index is -0.344. The Hall–Kier alpha value is -3.04. The topological polar surface area (TPSA) is 143 Å². The molecule has 0 unspecified atom stereocenters. The van der Waals surface area contributed by atoms with E-state index in [4.69, 9.17) is 11.5 Å². The highest BCUT2D eigenvalue weighted by atomic mass is 16.2. The van der Waals surface area contributed by atoms with E-state index in [1.54, 1.807) is 11.1 Å². The smallest absolute Gasteiger partial charge is 0.243 e. The molecule has 0 spiro atoms. The standard InChI is InChI=1S/C20H28N6O3/c21-8-10-26(11-9-22)20(29)7-3-6-18(27)24-14-19(28)25-16-12-15-4-1-2-5-17(15)23-13-16/h1-2,4-5,12-13H,3,6-11,14,21-22H2,(H,24,27)(H,25,28). The number of hydrogen-bond donors (Lipinski definition) is 4. The number of nitrogens with two attached hydrogens (primary N) is 2. The van der Waals surface area contributed by atoms with Gasteiger partial charge in [-0.05, 0) is 18.6 Å². The SMILES string of the molecule is NCCN(CCN)C(=O)CCCC(=O)NCC(=O)Nc1cnc2ccccc2c1. The third-order valence-electron chi connectivity index (χ3n) is 4.27. The molecule has 2 rings (SSSR count). The summed E-state index contributed by atoms with van der Waals surface area (Å²) in [5.41, 5.74) is 12.4. The lowest BCUT2D eigenvalue weighted by Gasteiger charge is -2.21. The molecule has 0 atom stereocenters. The third kappa shape index (κ3) is 7.47. The average molecular weight is 400 g/mol. The number of amides is 3. The van der Waals surface area contributed by atoms with Crippen LogP contribution in [0.5, 0.6) is 0 Å². The van der Waals surface area contributed by atoms with Gasteiger partial charge in [0, 0.05) is 44.4 Å². The van der Waals surface area contributed by atoms with Crippen LogP contribution in [-0.2, 0) is 14.4 Å². The van der Waals surface area contributed by atoms with Gasteiger partial charge in [-0.15, -0.1) is 0 Å². The monoisotopic (exact) mass is 400 g/mol. The number of para-hydroxylation sites is 1. The number of rotatable bonds is 11. The number of fused-ring (bicyclic) bond motifs is 1. The molecule has 0 fully saturated rings. The number of aromatic nitrogens is 1. The summed E-state index contributed by atoms with van der Waals surface area (Å²) in [6, 6.07) is 9.40. The summed E-state index contributed by atoms with van der Waals surface area (Å²) in [7, 11) is 0. The van der Waals surface area contributed by atoms with Crippen LogP contribution in [0.2, 0.25) is 0 Å². The predicted octanol–water partition coefficient (Wildman–Crippen LogP) is 0.206. The van der Waals surface area contributed by atoms with E-state index < -0.39 is 0 Å². The van der Waals surface area contributed by atoms with Crippen LogP contribution in [0.15, 0.2) is 36.5 Å². The van der Waals surface area contributed by atoms with Gasteiger partial charge >= 0.3 is 0 Å². The van der Waals surface area contributed by atoms with Crippen LogP contribution in [0.25, 0.3) is 10.9 Å². The van der Waals surface area contributed by atoms with Crippen molar-refractivity contribution < 1.29 is 14.4 Å². The summed E-state index contributed by atoms with van der Waals surface area (Å²) in [5.74, 6) is -0.701. The first-order chi connectivity index (χ1) is 14.0. The van der Waals surface area contributed by atoms with E-state index in [1.807, 2.05) is 30.3 Å². The van der Waals surface area contributed by atoms with Crippen LogP contribution in [-0.4, -0.2) is 60.3 Å². The number of nitrogens with one attached hydrogen (secondary N) is 2. The molecule has 156 valence electrons. The van der Waals surface area contributed by atoms with E-state index in [0.717, 1.165) is 10.9 Å². The summed E-state index contributed by atoms with van der Waals surface area (Å²) in [6.07, 6.45) is 2.37. The first-order valence-electron chi connectivity index (χ1n) is 9.62. The van der Waals surface area contributed by atoms with Gasteiger partial charge in [0.05, 0.1) is 23.9 Å². The molecule has 0 aliphatic carbocycles. The van der Waals surface area contributed by atoms with E-state index in [0.29, 0.717) is 38.3 Å². The Balaban J connectivity index is 1.69. The van der Waals surface area contributed by atoms with Crippen LogP contribution in [0.1, 0.15) is 19.3 Å². The number of hydrogen-bond acceptors (Lipinski definition) is 6. The first-order valence-corrected chi connectivity index (χ1v) is 9.62. The molecule has 0 aliphatic rings. The molecule has 0 bridgehead atoms. The Bertz CT molecular complexity index is 836. The molecule has 0 aliphatic heterocycles. The normalized spacial score (nSPS) is 10.6. The zero-order chi connectivity index (χ0) is 21.1. The lowest BCUT2D eigenvalue weighted by molar-refractivity contribution is -0.131. The summed E-state index contributed by atoms with van der Waals surface area (Å²) in [4.78, 5) is 41.9. The van der Waals surface area contributed by atoms with Crippen molar-refractivity contribution in [1.82, 2.24) is 15.2 Å². The van der Waals surface area contributed by atoms with Gasteiger partial charge in [-0.3, -0.25) is 19.4 Å². The highest BCUT2D eigenvalue weighted by Gasteiger charge is 2.13. The van der Waals surface area contributed by atoms with Crippen molar-refractivity contribution in [3.05, 3.63) is 36.5 Å². The third-order valence-corrected chi connectivity index (χ3v) is 4.27. The van der Waals surface area contributed by atoms with Gasteiger partial charge in [-0.1, -0.05) is 18.2 Å². The second kappa shape index (κ2) is 11.7. The van der Waals surface area contributed by atoms with E-state index in [1.165, 1.54) is 0 Å². The molecule has 3 amide bonds. The van der Waals surface area contributed by atoms with Crippen LogP contribution in [0.3, 0.4) is 0 Å². The van der Waals surface area contributed by atoms with Crippen molar-refractivity contribution >= 4 is 34.3 Å². The fraction of sp³-hybridized carbons (Fsp3) is 0.400. The number of carbonyl (C=O) groups excluding carboxylic acids is 3. The van der Waals surface area contributed by atoms with Gasteiger partial charge in [-0.25, -0.2) is 0 Å². The molecule has 1 aromatic carbocycles. The maximum absolute atomic E-state index is 12.1. The molecule has 0 radical (unpaired) electrons. The van der Waals surface area contributed by atoms with E-state index in [-0.39, 0.29) is 37.1 Å². The molecular formula is C20H28N6O3. The van der Waals surface area contributed by atoms with Crippen LogP contribution >= 0.6 is 0 Å². The Morgan fingerprint density at radius 2 is 1.72 bits per heavy atom. The molecule has 0 saturated heterocycles. The van der Waals surface area contributed by atoms with Gasteiger partial charge in [0.1, 0.15) is 0 Å². The Morgan fingerprint density at radius 3 is 2.45 bits per heavy atom. The average Bonchev–Trinajstić information content (AvgIpc) is 2.72. The molecule has 9 heteroatoms. The van der Waals surface area contributed by atoms with Gasteiger partial charge in [-0.2, -0.15) is 0 Å². The van der Waals surface area contributed by atoms with E-state index in [9.17, 15) is 14.4 Å². The number of benzene rings is 1. The zero-order valence-electron chi connectivity index (χ0n) is 16.4. The first kappa shape index (κ1) is 22.3. The van der Waals surface area contributed by atoms with Crippen molar-refractivity contribution in [2.75, 3.05) is 38.0 Å². The maximum Gasteiger partial charge on any atom is 0.243 e. The minimum Gasteiger partial charge on any atom is -0.347 e. The van der Waals surface area contributed by atoms with Crippen molar-refractivity contribution in [3.63, 3.8) is 0 Å². The fourth-order valence-corrected chi connectivity index (χ4v) is 2.84. The molecule has 0 saturated carbocycles. The van der Waals surface area contributed by atoms with E-state index >= 15 is 0 Å². The van der Waals surface area contributed by atoms with E-state index in [2.05, 4.69) is 15.6 Å². The van der Waals surface area contributed by atoms with Crippen molar-refractivity contribution in [1.29, 1.82) is 0 Å². The Morgan fingerprint density at radius 1 is 1.00 bits per heavy atom. The lowest BCUT2D eigenvalue weighted by atomic mass is 10.2. The summed E-state index contributed by atoms with van der Waals surface area (Å²) in [6.45, 7) is 1.49. The molecule has 6 N–H and O–H groups in total. The second-order valence-corrected chi connectivity index (χ2v) is 6.55. The highest BCUT2D eigenvalue weighted by Crippen LogP contribution is 2.15. The maximum atomic E-state index is 12.1. The largest absolute Gasteiger partial charge is 0.347 e. The second-order valence-electron chi connectivity index (χ2n) is 6.55. The van der Waals surface area contributed by atoms with Gasteiger partial charge in [0.15, 0.2) is 0 Å². The number of anilines is 1. The Kier molecular flexibility index (Phi) is 9.00. The number of nitrogens with zero attached hydrogens (tertiary/aromatic N) is 2. The van der Waals surface area contributed by atoms with Gasteiger partial charge < -0.3 is 27.0 Å². The molecule has 1 aromatic heterocycles. The fourth-order valence-electron chi connectivity index (χ4n) is 2.84. The minimum absolute atomic E-state index is 0.0738. The molecular weight excluding hydrogens is 372 g/mol.